The average molecular weight is 331 g/mol. The van der Waals surface area contributed by atoms with E-state index in [1.807, 2.05) is 13.0 Å². The molecule has 6 heteroatoms. The number of piperazine rings is 1. The van der Waals surface area contributed by atoms with Gasteiger partial charge in [0.2, 0.25) is 10.0 Å². The highest BCUT2D eigenvalue weighted by Crippen LogP contribution is 2.25. The van der Waals surface area contributed by atoms with Gasteiger partial charge in [0.1, 0.15) is 0 Å². The summed E-state index contributed by atoms with van der Waals surface area (Å²) in [7, 11) is -3.44. The molecule has 2 rings (SSSR count). The first kappa shape index (κ1) is 16.7. The number of alkyl halides is 1. The van der Waals surface area contributed by atoms with Crippen LogP contribution in [0.3, 0.4) is 0 Å². The van der Waals surface area contributed by atoms with E-state index in [1.165, 1.54) is 0 Å². The van der Waals surface area contributed by atoms with E-state index < -0.39 is 10.0 Å². The standard InChI is InChI=1S/C15H23ClN2O2S/c1-4-17-8-9-18(11-12(17)2)21(19,20)15-7-5-6-14(10-16)13(15)3/h5-7,12H,4,8-11H2,1-3H3. The lowest BCUT2D eigenvalue weighted by Crippen LogP contribution is -2.53. The molecule has 1 unspecified atom stereocenters. The zero-order chi connectivity index (χ0) is 15.6. The molecule has 1 aliphatic heterocycles. The highest BCUT2D eigenvalue weighted by molar-refractivity contribution is 7.89. The predicted octanol–water partition coefficient (Wildman–Crippen LogP) is 2.45. The van der Waals surface area contributed by atoms with Crippen molar-refractivity contribution in [3.8, 4) is 0 Å². The van der Waals surface area contributed by atoms with Crippen LogP contribution in [0.2, 0.25) is 0 Å². The maximum absolute atomic E-state index is 12.9. The smallest absolute Gasteiger partial charge is 0.243 e. The molecule has 0 N–H and O–H groups in total. The van der Waals surface area contributed by atoms with E-state index in [-0.39, 0.29) is 6.04 Å². The second kappa shape index (κ2) is 6.65. The van der Waals surface area contributed by atoms with Gasteiger partial charge < -0.3 is 0 Å². The number of benzene rings is 1. The summed E-state index contributed by atoms with van der Waals surface area (Å²) >= 11 is 5.89. The molecule has 1 saturated heterocycles. The third kappa shape index (κ3) is 3.26. The van der Waals surface area contributed by atoms with Gasteiger partial charge in [-0.25, -0.2) is 8.42 Å². The number of sulfonamides is 1. The van der Waals surface area contributed by atoms with Gasteiger partial charge in [-0.1, -0.05) is 19.1 Å². The van der Waals surface area contributed by atoms with Crippen molar-refractivity contribution in [2.24, 2.45) is 0 Å². The summed E-state index contributed by atoms with van der Waals surface area (Å²) in [6.07, 6.45) is 0. The molecule has 1 aliphatic rings. The monoisotopic (exact) mass is 330 g/mol. The van der Waals surface area contributed by atoms with Gasteiger partial charge in [-0.3, -0.25) is 4.90 Å². The quantitative estimate of drug-likeness (QED) is 0.796. The molecule has 0 bridgehead atoms. The minimum atomic E-state index is -3.44. The van der Waals surface area contributed by atoms with Crippen LogP contribution < -0.4 is 0 Å². The van der Waals surface area contributed by atoms with Crippen LogP contribution in [-0.4, -0.2) is 49.8 Å². The van der Waals surface area contributed by atoms with Crippen molar-refractivity contribution in [3.63, 3.8) is 0 Å². The van der Waals surface area contributed by atoms with E-state index in [9.17, 15) is 8.42 Å². The van der Waals surface area contributed by atoms with Crippen LogP contribution in [0.1, 0.15) is 25.0 Å². The van der Waals surface area contributed by atoms with Gasteiger partial charge in [0.25, 0.3) is 0 Å². The molecule has 1 heterocycles. The number of rotatable bonds is 4. The molecule has 1 fully saturated rings. The summed E-state index contributed by atoms with van der Waals surface area (Å²) in [6, 6.07) is 5.56. The van der Waals surface area contributed by atoms with Crippen LogP contribution in [0, 0.1) is 6.92 Å². The van der Waals surface area contributed by atoms with Gasteiger partial charge in [0, 0.05) is 31.6 Å². The molecule has 0 aromatic heterocycles. The lowest BCUT2D eigenvalue weighted by molar-refractivity contribution is 0.135. The molecule has 118 valence electrons. The molecule has 21 heavy (non-hydrogen) atoms. The van der Waals surface area contributed by atoms with Gasteiger partial charge in [-0.05, 0) is 37.6 Å². The molecule has 1 aromatic rings. The van der Waals surface area contributed by atoms with E-state index in [0.29, 0.717) is 23.9 Å². The van der Waals surface area contributed by atoms with Crippen LogP contribution in [0.5, 0.6) is 0 Å². The highest BCUT2D eigenvalue weighted by Gasteiger charge is 2.32. The zero-order valence-corrected chi connectivity index (χ0v) is 14.4. The van der Waals surface area contributed by atoms with E-state index in [1.54, 1.807) is 16.4 Å². The summed E-state index contributed by atoms with van der Waals surface area (Å²) < 4.78 is 27.4. The van der Waals surface area contributed by atoms with Crippen molar-refractivity contribution in [1.82, 2.24) is 9.21 Å². The molecule has 0 radical (unpaired) electrons. The summed E-state index contributed by atoms with van der Waals surface area (Å²) in [6.45, 7) is 8.84. The SMILES string of the molecule is CCN1CCN(S(=O)(=O)c2cccc(CCl)c2C)CC1C. The number of hydrogen-bond donors (Lipinski definition) is 0. The van der Waals surface area contributed by atoms with E-state index >= 15 is 0 Å². The van der Waals surface area contributed by atoms with Crippen LogP contribution in [0.15, 0.2) is 23.1 Å². The van der Waals surface area contributed by atoms with Crippen molar-refractivity contribution >= 4 is 21.6 Å². The normalized spacial score (nSPS) is 21.6. The fraction of sp³-hybridized carbons (Fsp3) is 0.600. The number of likely N-dealkylation sites (N-methyl/N-ethyl adjacent to an activating group) is 1. The summed E-state index contributed by atoms with van der Waals surface area (Å²) in [5.41, 5.74) is 1.64. The third-order valence-corrected chi connectivity index (χ3v) is 6.59. The summed E-state index contributed by atoms with van der Waals surface area (Å²) in [5.74, 6) is 0.329. The van der Waals surface area contributed by atoms with E-state index in [0.717, 1.165) is 24.2 Å². The van der Waals surface area contributed by atoms with E-state index in [4.69, 9.17) is 11.6 Å². The van der Waals surface area contributed by atoms with Crippen molar-refractivity contribution in [1.29, 1.82) is 0 Å². The van der Waals surface area contributed by atoms with Crippen LogP contribution in [-0.2, 0) is 15.9 Å². The van der Waals surface area contributed by atoms with Crippen molar-refractivity contribution < 1.29 is 8.42 Å². The van der Waals surface area contributed by atoms with Gasteiger partial charge in [-0.15, -0.1) is 11.6 Å². The predicted molar refractivity (Wildman–Crippen MR) is 86.2 cm³/mol. The Morgan fingerprint density at radius 2 is 2.05 bits per heavy atom. The summed E-state index contributed by atoms with van der Waals surface area (Å²) in [5, 5.41) is 0. The minimum absolute atomic E-state index is 0.245. The molecule has 1 aromatic carbocycles. The largest absolute Gasteiger partial charge is 0.298 e. The fourth-order valence-electron chi connectivity index (χ4n) is 2.87. The van der Waals surface area contributed by atoms with E-state index in [2.05, 4.69) is 18.7 Å². The topological polar surface area (TPSA) is 40.6 Å². The Labute approximate surface area is 132 Å². The van der Waals surface area contributed by atoms with Gasteiger partial charge >= 0.3 is 0 Å². The molecule has 1 atom stereocenters. The Kier molecular flexibility index (Phi) is 5.30. The lowest BCUT2D eigenvalue weighted by atomic mass is 10.1. The van der Waals surface area contributed by atoms with Gasteiger partial charge in [0.15, 0.2) is 0 Å². The van der Waals surface area contributed by atoms with Crippen LogP contribution >= 0.6 is 11.6 Å². The molecular weight excluding hydrogens is 308 g/mol. The Morgan fingerprint density at radius 1 is 1.33 bits per heavy atom. The molecule has 0 saturated carbocycles. The van der Waals surface area contributed by atoms with Gasteiger partial charge in [-0.2, -0.15) is 4.31 Å². The Bertz CT molecular complexity index is 604. The first-order valence-electron chi connectivity index (χ1n) is 7.30. The fourth-order valence-corrected chi connectivity index (χ4v) is 4.94. The molecule has 0 amide bonds. The maximum atomic E-state index is 12.9. The Hall–Kier alpha value is -0.620. The zero-order valence-electron chi connectivity index (χ0n) is 12.8. The molecule has 0 aliphatic carbocycles. The minimum Gasteiger partial charge on any atom is -0.298 e. The number of nitrogens with zero attached hydrogens (tertiary/aromatic N) is 2. The number of halogens is 1. The molecule has 0 spiro atoms. The second-order valence-electron chi connectivity index (χ2n) is 5.51. The van der Waals surface area contributed by atoms with Crippen molar-refractivity contribution in [2.75, 3.05) is 26.2 Å². The van der Waals surface area contributed by atoms with Crippen molar-refractivity contribution in [2.45, 2.75) is 37.6 Å². The van der Waals surface area contributed by atoms with Crippen LogP contribution in [0.25, 0.3) is 0 Å². The lowest BCUT2D eigenvalue weighted by Gasteiger charge is -2.38. The van der Waals surface area contributed by atoms with Crippen molar-refractivity contribution in [3.05, 3.63) is 29.3 Å². The van der Waals surface area contributed by atoms with Gasteiger partial charge in [0.05, 0.1) is 4.90 Å². The third-order valence-electron chi connectivity index (χ3n) is 4.29. The highest BCUT2D eigenvalue weighted by atomic mass is 35.5. The second-order valence-corrected chi connectivity index (χ2v) is 7.69. The molecular formula is C15H23ClN2O2S. The maximum Gasteiger partial charge on any atom is 0.243 e. The molecule has 4 nitrogen and oxygen atoms in total. The first-order chi connectivity index (χ1) is 9.91. The first-order valence-corrected chi connectivity index (χ1v) is 9.28. The Morgan fingerprint density at radius 3 is 2.62 bits per heavy atom. The van der Waals surface area contributed by atoms with Crippen LogP contribution in [0.4, 0.5) is 0 Å². The average Bonchev–Trinajstić information content (AvgIpc) is 2.47. The summed E-state index contributed by atoms with van der Waals surface area (Å²) in [4.78, 5) is 2.69. The number of hydrogen-bond acceptors (Lipinski definition) is 3. The Balaban J connectivity index is 2.31.